The maximum absolute atomic E-state index is 12.7. The molecule has 0 bridgehead atoms. The van der Waals surface area contributed by atoms with Gasteiger partial charge >= 0.3 is 0 Å². The van der Waals surface area contributed by atoms with E-state index in [0.717, 1.165) is 6.42 Å². The molecule has 142 valence electrons. The molecule has 1 aliphatic rings. The van der Waals surface area contributed by atoms with Gasteiger partial charge in [0.25, 0.3) is 0 Å². The Morgan fingerprint density at radius 2 is 1.81 bits per heavy atom. The van der Waals surface area contributed by atoms with Gasteiger partial charge in [-0.3, -0.25) is 4.90 Å². The number of halogens is 1. The summed E-state index contributed by atoms with van der Waals surface area (Å²) in [5, 5.41) is 4.53. The number of hydrogen-bond acceptors (Lipinski definition) is 6. The minimum atomic E-state index is -3.49. The largest absolute Gasteiger partial charge is 0.339 e. The van der Waals surface area contributed by atoms with Crippen LogP contribution in [-0.4, -0.2) is 53.9 Å². The monoisotopic (exact) mass is 398 g/mol. The molecule has 2 aromatic rings. The van der Waals surface area contributed by atoms with E-state index in [-0.39, 0.29) is 4.90 Å². The van der Waals surface area contributed by atoms with E-state index in [2.05, 4.69) is 28.9 Å². The van der Waals surface area contributed by atoms with Gasteiger partial charge in [0, 0.05) is 37.6 Å². The van der Waals surface area contributed by atoms with Crippen LogP contribution in [0.4, 0.5) is 0 Å². The summed E-state index contributed by atoms with van der Waals surface area (Å²) < 4.78 is 32.2. The van der Waals surface area contributed by atoms with Gasteiger partial charge in [-0.05, 0) is 30.2 Å². The second kappa shape index (κ2) is 8.04. The van der Waals surface area contributed by atoms with Crippen molar-refractivity contribution in [1.82, 2.24) is 19.3 Å². The molecule has 26 heavy (non-hydrogen) atoms. The van der Waals surface area contributed by atoms with E-state index in [1.165, 1.54) is 4.31 Å². The predicted octanol–water partition coefficient (Wildman–Crippen LogP) is 2.43. The van der Waals surface area contributed by atoms with Crippen LogP contribution in [0.5, 0.6) is 0 Å². The van der Waals surface area contributed by atoms with Crippen molar-refractivity contribution in [2.24, 2.45) is 5.92 Å². The molecule has 1 aliphatic heterocycles. The van der Waals surface area contributed by atoms with Gasteiger partial charge in [0.15, 0.2) is 5.82 Å². The molecular weight excluding hydrogens is 376 g/mol. The van der Waals surface area contributed by atoms with Gasteiger partial charge in [0.05, 0.1) is 11.4 Å². The summed E-state index contributed by atoms with van der Waals surface area (Å²) in [7, 11) is -3.49. The van der Waals surface area contributed by atoms with Gasteiger partial charge in [-0.1, -0.05) is 30.6 Å². The lowest BCUT2D eigenvalue weighted by Crippen LogP contribution is -2.48. The van der Waals surface area contributed by atoms with Crippen molar-refractivity contribution in [3.05, 3.63) is 41.0 Å². The van der Waals surface area contributed by atoms with Crippen LogP contribution in [0.1, 0.15) is 25.6 Å². The van der Waals surface area contributed by atoms with Crippen molar-refractivity contribution in [3.63, 3.8) is 0 Å². The first kappa shape index (κ1) is 19.3. The summed E-state index contributed by atoms with van der Waals surface area (Å²) in [5.74, 6) is 1.76. The van der Waals surface area contributed by atoms with E-state index in [1.807, 2.05) is 0 Å². The Labute approximate surface area is 159 Å². The Morgan fingerprint density at radius 1 is 1.15 bits per heavy atom. The molecule has 7 nitrogen and oxygen atoms in total. The third-order valence-corrected chi connectivity index (χ3v) is 6.41. The minimum absolute atomic E-state index is 0.270. The van der Waals surface area contributed by atoms with Crippen molar-refractivity contribution in [1.29, 1.82) is 0 Å². The van der Waals surface area contributed by atoms with E-state index < -0.39 is 10.0 Å². The Bertz CT molecular complexity index is 828. The Balaban J connectivity index is 1.57. The first-order chi connectivity index (χ1) is 12.3. The van der Waals surface area contributed by atoms with Gasteiger partial charge in [0.1, 0.15) is 0 Å². The highest BCUT2D eigenvalue weighted by Crippen LogP contribution is 2.20. The van der Waals surface area contributed by atoms with E-state index >= 15 is 0 Å². The quantitative estimate of drug-likeness (QED) is 0.743. The van der Waals surface area contributed by atoms with Crippen molar-refractivity contribution >= 4 is 21.6 Å². The zero-order valence-electron chi connectivity index (χ0n) is 14.9. The highest BCUT2D eigenvalue weighted by molar-refractivity contribution is 7.89. The van der Waals surface area contributed by atoms with Crippen molar-refractivity contribution < 1.29 is 12.9 Å². The number of hydrogen-bond donors (Lipinski definition) is 0. The second-order valence-corrected chi connectivity index (χ2v) is 9.21. The van der Waals surface area contributed by atoms with Crippen LogP contribution in [0.2, 0.25) is 5.02 Å². The van der Waals surface area contributed by atoms with Crippen LogP contribution in [-0.2, 0) is 23.0 Å². The van der Waals surface area contributed by atoms with Crippen LogP contribution in [0.3, 0.4) is 0 Å². The van der Waals surface area contributed by atoms with Crippen molar-refractivity contribution in [3.8, 4) is 0 Å². The normalized spacial score (nSPS) is 17.1. The molecule has 0 N–H and O–H groups in total. The SMILES string of the molecule is CC(C)Cc1nc(CN2CCN(S(=O)(=O)c3ccc(Cl)cc3)CC2)no1. The number of piperazine rings is 1. The molecule has 1 aromatic carbocycles. The average molecular weight is 399 g/mol. The fourth-order valence-corrected chi connectivity index (χ4v) is 4.42. The standard InChI is InChI=1S/C17H23ClN4O3S/c1-13(2)11-17-19-16(20-25-17)12-21-7-9-22(10-8-21)26(23,24)15-5-3-14(18)4-6-15/h3-6,13H,7-12H2,1-2H3. The van der Waals surface area contributed by atoms with Gasteiger partial charge in [-0.25, -0.2) is 8.42 Å². The molecule has 1 aromatic heterocycles. The molecule has 9 heteroatoms. The van der Waals surface area contributed by atoms with E-state index in [9.17, 15) is 8.42 Å². The van der Waals surface area contributed by atoms with Gasteiger partial charge in [0.2, 0.25) is 15.9 Å². The lowest BCUT2D eigenvalue weighted by Gasteiger charge is -2.33. The van der Waals surface area contributed by atoms with Crippen LogP contribution >= 0.6 is 11.6 Å². The summed E-state index contributed by atoms with van der Waals surface area (Å²) in [6.07, 6.45) is 0.764. The maximum atomic E-state index is 12.7. The van der Waals surface area contributed by atoms with E-state index in [1.54, 1.807) is 24.3 Å². The molecular formula is C17H23ClN4O3S. The summed E-state index contributed by atoms with van der Waals surface area (Å²) in [6, 6.07) is 6.27. The molecule has 1 fully saturated rings. The molecule has 0 unspecified atom stereocenters. The highest BCUT2D eigenvalue weighted by atomic mass is 35.5. The first-order valence-corrected chi connectivity index (χ1v) is 10.5. The van der Waals surface area contributed by atoms with E-state index in [0.29, 0.717) is 55.4 Å². The fourth-order valence-electron chi connectivity index (χ4n) is 2.87. The van der Waals surface area contributed by atoms with Crippen molar-refractivity contribution in [2.45, 2.75) is 31.7 Å². The lowest BCUT2D eigenvalue weighted by molar-refractivity contribution is 0.176. The number of nitrogens with zero attached hydrogens (tertiary/aromatic N) is 4. The fraction of sp³-hybridized carbons (Fsp3) is 0.529. The third-order valence-electron chi connectivity index (χ3n) is 4.24. The molecule has 3 rings (SSSR count). The Hall–Kier alpha value is -1.48. The number of rotatable bonds is 6. The maximum Gasteiger partial charge on any atom is 0.243 e. The average Bonchev–Trinajstić information content (AvgIpc) is 3.02. The molecule has 2 heterocycles. The molecule has 0 amide bonds. The molecule has 0 radical (unpaired) electrons. The predicted molar refractivity (Wildman–Crippen MR) is 98.3 cm³/mol. The second-order valence-electron chi connectivity index (χ2n) is 6.84. The van der Waals surface area contributed by atoms with Crippen LogP contribution < -0.4 is 0 Å². The summed E-state index contributed by atoms with van der Waals surface area (Å²) in [5.41, 5.74) is 0. The van der Waals surface area contributed by atoms with Crippen LogP contribution in [0, 0.1) is 5.92 Å². The highest BCUT2D eigenvalue weighted by Gasteiger charge is 2.28. The zero-order chi connectivity index (χ0) is 18.7. The van der Waals surface area contributed by atoms with Crippen LogP contribution in [0.25, 0.3) is 0 Å². The number of benzene rings is 1. The van der Waals surface area contributed by atoms with Crippen LogP contribution in [0.15, 0.2) is 33.7 Å². The van der Waals surface area contributed by atoms with Gasteiger partial charge < -0.3 is 4.52 Å². The minimum Gasteiger partial charge on any atom is -0.339 e. The lowest BCUT2D eigenvalue weighted by atomic mass is 10.1. The molecule has 1 saturated heterocycles. The van der Waals surface area contributed by atoms with Crippen molar-refractivity contribution in [2.75, 3.05) is 26.2 Å². The van der Waals surface area contributed by atoms with E-state index in [4.69, 9.17) is 16.1 Å². The molecule has 0 spiro atoms. The first-order valence-electron chi connectivity index (χ1n) is 8.64. The molecule has 0 atom stereocenters. The smallest absolute Gasteiger partial charge is 0.243 e. The summed E-state index contributed by atoms with van der Waals surface area (Å²) >= 11 is 5.84. The van der Waals surface area contributed by atoms with Gasteiger partial charge in [-0.2, -0.15) is 9.29 Å². The zero-order valence-corrected chi connectivity index (χ0v) is 16.5. The summed E-state index contributed by atoms with van der Waals surface area (Å²) in [6.45, 7) is 6.88. The van der Waals surface area contributed by atoms with Gasteiger partial charge in [-0.15, -0.1) is 0 Å². The molecule has 0 saturated carbocycles. The number of sulfonamides is 1. The summed E-state index contributed by atoms with van der Waals surface area (Å²) in [4.78, 5) is 6.81. The Morgan fingerprint density at radius 3 is 2.42 bits per heavy atom. The number of aromatic nitrogens is 2. The Kier molecular flexibility index (Phi) is 5.96. The third kappa shape index (κ3) is 4.62. The molecule has 0 aliphatic carbocycles. The topological polar surface area (TPSA) is 79.5 Å².